The monoisotopic (exact) mass is 376 g/mol. The Kier molecular flexibility index (Phi) is 5.84. The van der Waals surface area contributed by atoms with Crippen molar-refractivity contribution in [2.24, 2.45) is 0 Å². The molecule has 0 aliphatic carbocycles. The number of benzene rings is 2. The van der Waals surface area contributed by atoms with Gasteiger partial charge in [-0.1, -0.05) is 49.4 Å². The third-order valence-corrected chi connectivity index (χ3v) is 5.74. The summed E-state index contributed by atoms with van der Waals surface area (Å²) >= 11 is 0. The van der Waals surface area contributed by atoms with E-state index in [1.165, 1.54) is 5.56 Å². The van der Waals surface area contributed by atoms with Gasteiger partial charge in [0.1, 0.15) is 5.82 Å². The van der Waals surface area contributed by atoms with E-state index in [2.05, 4.69) is 57.0 Å². The van der Waals surface area contributed by atoms with Gasteiger partial charge in [0.2, 0.25) is 0 Å². The van der Waals surface area contributed by atoms with Gasteiger partial charge in [-0.05, 0) is 50.2 Å². The lowest BCUT2D eigenvalue weighted by Crippen LogP contribution is -2.44. The fraction of sp³-hybridized carbons (Fsp3) is 0.391. The van der Waals surface area contributed by atoms with E-state index in [1.807, 2.05) is 24.3 Å². The molecule has 1 saturated heterocycles. The molecule has 2 heterocycles. The molecule has 1 aliphatic rings. The van der Waals surface area contributed by atoms with Crippen LogP contribution in [0.25, 0.3) is 10.9 Å². The Balaban J connectivity index is 1.39. The molecule has 0 bridgehead atoms. The van der Waals surface area contributed by atoms with Crippen molar-refractivity contribution in [3.05, 3.63) is 76.3 Å². The van der Waals surface area contributed by atoms with Gasteiger partial charge >= 0.3 is 0 Å². The van der Waals surface area contributed by atoms with E-state index in [-0.39, 0.29) is 5.56 Å². The molecular weight excluding hydrogens is 348 g/mol. The van der Waals surface area contributed by atoms with Crippen LogP contribution in [-0.2, 0) is 13.1 Å². The summed E-state index contributed by atoms with van der Waals surface area (Å²) in [7, 11) is 0. The van der Waals surface area contributed by atoms with Gasteiger partial charge < -0.3 is 4.98 Å². The Labute approximate surface area is 166 Å². The zero-order chi connectivity index (χ0) is 19.3. The van der Waals surface area contributed by atoms with Crippen LogP contribution in [0.3, 0.4) is 0 Å². The Bertz CT molecular complexity index is 961. The first-order chi connectivity index (χ1) is 13.7. The first-order valence-corrected chi connectivity index (χ1v) is 10.2. The number of aromatic amines is 1. The largest absolute Gasteiger partial charge is 0.309 e. The summed E-state index contributed by atoms with van der Waals surface area (Å²) in [4.78, 5) is 25.0. The van der Waals surface area contributed by atoms with E-state index >= 15 is 0 Å². The summed E-state index contributed by atoms with van der Waals surface area (Å²) in [6, 6.07) is 18.8. The summed E-state index contributed by atoms with van der Waals surface area (Å²) in [6.45, 7) is 7.09. The van der Waals surface area contributed by atoms with Gasteiger partial charge in [0.15, 0.2) is 0 Å². The molecule has 1 N–H and O–H groups in total. The molecule has 0 spiro atoms. The van der Waals surface area contributed by atoms with Crippen LogP contribution in [0, 0.1) is 0 Å². The number of fused-ring (bicyclic) bond motifs is 1. The Morgan fingerprint density at radius 1 is 1.07 bits per heavy atom. The molecule has 3 aromatic rings. The zero-order valence-electron chi connectivity index (χ0n) is 16.5. The van der Waals surface area contributed by atoms with Gasteiger partial charge in [0.25, 0.3) is 5.56 Å². The van der Waals surface area contributed by atoms with E-state index in [0.29, 0.717) is 18.0 Å². The highest BCUT2D eigenvalue weighted by Gasteiger charge is 2.24. The van der Waals surface area contributed by atoms with Gasteiger partial charge in [0.05, 0.1) is 17.4 Å². The highest BCUT2D eigenvalue weighted by atomic mass is 16.1. The van der Waals surface area contributed by atoms with Gasteiger partial charge in [-0.2, -0.15) is 0 Å². The number of hydrogen-bond donors (Lipinski definition) is 1. The highest BCUT2D eigenvalue weighted by Crippen LogP contribution is 2.20. The second-order valence-corrected chi connectivity index (χ2v) is 7.59. The van der Waals surface area contributed by atoms with Crippen molar-refractivity contribution < 1.29 is 0 Å². The topological polar surface area (TPSA) is 52.2 Å². The summed E-state index contributed by atoms with van der Waals surface area (Å²) in [5, 5.41) is 0.656. The molecule has 5 heteroatoms. The lowest BCUT2D eigenvalue weighted by molar-refractivity contribution is 0.101. The summed E-state index contributed by atoms with van der Waals surface area (Å²) in [5.41, 5.74) is 2.11. The van der Waals surface area contributed by atoms with Crippen molar-refractivity contribution in [3.8, 4) is 0 Å². The van der Waals surface area contributed by atoms with Gasteiger partial charge in [-0.25, -0.2) is 4.98 Å². The second-order valence-electron chi connectivity index (χ2n) is 7.59. The van der Waals surface area contributed by atoms with Crippen molar-refractivity contribution in [2.75, 3.05) is 19.6 Å². The number of hydrogen-bond acceptors (Lipinski definition) is 4. The van der Waals surface area contributed by atoms with E-state index in [9.17, 15) is 4.79 Å². The quantitative estimate of drug-likeness (QED) is 0.716. The normalized spacial score (nSPS) is 16.1. The van der Waals surface area contributed by atoms with Crippen LogP contribution in [-0.4, -0.2) is 45.4 Å². The molecule has 1 fully saturated rings. The van der Waals surface area contributed by atoms with Crippen LogP contribution in [0.5, 0.6) is 0 Å². The van der Waals surface area contributed by atoms with E-state index < -0.39 is 0 Å². The maximum atomic E-state index is 12.3. The molecule has 0 saturated carbocycles. The van der Waals surface area contributed by atoms with Crippen LogP contribution < -0.4 is 5.56 Å². The first kappa shape index (κ1) is 18.8. The predicted octanol–water partition coefficient (Wildman–Crippen LogP) is 3.41. The zero-order valence-corrected chi connectivity index (χ0v) is 16.5. The SMILES string of the molecule is CCN(Cc1nc2ccccc2c(=O)[nH]1)C1CCN(Cc2ccccc2)CC1. The minimum absolute atomic E-state index is 0.0469. The van der Waals surface area contributed by atoms with Crippen LogP contribution in [0.4, 0.5) is 0 Å². The average Bonchev–Trinajstić information content (AvgIpc) is 2.73. The minimum Gasteiger partial charge on any atom is -0.309 e. The lowest BCUT2D eigenvalue weighted by Gasteiger charge is -2.38. The van der Waals surface area contributed by atoms with E-state index in [1.54, 1.807) is 0 Å². The molecule has 0 unspecified atom stereocenters. The standard InChI is InChI=1S/C23H28N4O/c1-2-27(17-22-24-21-11-7-6-10-20(21)23(28)25-22)19-12-14-26(15-13-19)16-18-8-4-3-5-9-18/h3-11,19H,2,12-17H2,1H3,(H,24,25,28). The van der Waals surface area contributed by atoms with Crippen LogP contribution >= 0.6 is 0 Å². The summed E-state index contributed by atoms with van der Waals surface area (Å²) in [5.74, 6) is 0.761. The average molecular weight is 377 g/mol. The van der Waals surface area contributed by atoms with Crippen LogP contribution in [0.2, 0.25) is 0 Å². The Hall–Kier alpha value is -2.50. The number of nitrogens with zero attached hydrogens (tertiary/aromatic N) is 3. The molecule has 1 aromatic heterocycles. The number of para-hydroxylation sites is 1. The number of nitrogens with one attached hydrogen (secondary N) is 1. The molecule has 0 radical (unpaired) electrons. The molecular formula is C23H28N4O. The molecule has 0 atom stereocenters. The maximum Gasteiger partial charge on any atom is 0.258 e. The van der Waals surface area contributed by atoms with Crippen molar-refractivity contribution in [1.82, 2.24) is 19.8 Å². The van der Waals surface area contributed by atoms with Gasteiger partial charge in [-0.15, -0.1) is 0 Å². The Morgan fingerprint density at radius 2 is 1.79 bits per heavy atom. The number of aromatic nitrogens is 2. The molecule has 28 heavy (non-hydrogen) atoms. The smallest absolute Gasteiger partial charge is 0.258 e. The molecule has 146 valence electrons. The maximum absolute atomic E-state index is 12.3. The number of rotatable bonds is 6. The number of likely N-dealkylation sites (tertiary alicyclic amines) is 1. The van der Waals surface area contributed by atoms with Gasteiger partial charge in [0, 0.05) is 12.6 Å². The fourth-order valence-electron chi connectivity index (χ4n) is 4.19. The molecule has 2 aromatic carbocycles. The first-order valence-electron chi connectivity index (χ1n) is 10.2. The minimum atomic E-state index is -0.0469. The number of H-pyrrole nitrogens is 1. The molecule has 5 nitrogen and oxygen atoms in total. The van der Waals surface area contributed by atoms with E-state index in [4.69, 9.17) is 0 Å². The predicted molar refractivity (Wildman–Crippen MR) is 113 cm³/mol. The van der Waals surface area contributed by atoms with Crippen molar-refractivity contribution in [1.29, 1.82) is 0 Å². The van der Waals surface area contributed by atoms with Crippen molar-refractivity contribution in [3.63, 3.8) is 0 Å². The van der Waals surface area contributed by atoms with Crippen LogP contribution in [0.15, 0.2) is 59.4 Å². The van der Waals surface area contributed by atoms with Crippen LogP contribution in [0.1, 0.15) is 31.2 Å². The molecule has 1 aliphatic heterocycles. The number of piperidine rings is 1. The highest BCUT2D eigenvalue weighted by molar-refractivity contribution is 5.77. The third kappa shape index (κ3) is 4.32. The fourth-order valence-corrected chi connectivity index (χ4v) is 4.19. The summed E-state index contributed by atoms with van der Waals surface area (Å²) in [6.07, 6.45) is 2.30. The third-order valence-electron chi connectivity index (χ3n) is 5.74. The van der Waals surface area contributed by atoms with Crippen molar-refractivity contribution in [2.45, 2.75) is 38.9 Å². The lowest BCUT2D eigenvalue weighted by atomic mass is 10.0. The second kappa shape index (κ2) is 8.67. The molecule has 4 rings (SSSR count). The Morgan fingerprint density at radius 3 is 2.54 bits per heavy atom. The van der Waals surface area contributed by atoms with E-state index in [0.717, 1.165) is 50.4 Å². The molecule has 0 amide bonds. The summed E-state index contributed by atoms with van der Waals surface area (Å²) < 4.78 is 0. The van der Waals surface area contributed by atoms with Crippen molar-refractivity contribution >= 4 is 10.9 Å². The van der Waals surface area contributed by atoms with Gasteiger partial charge in [-0.3, -0.25) is 14.6 Å².